The quantitative estimate of drug-likeness (QED) is 0.553. The van der Waals surface area contributed by atoms with Gasteiger partial charge in [-0.1, -0.05) is 26.3 Å². The highest BCUT2D eigenvalue weighted by atomic mass is 32.2. The van der Waals surface area contributed by atoms with Gasteiger partial charge < -0.3 is 0 Å². The topological polar surface area (TPSA) is 63.2 Å². The Bertz CT molecular complexity index is 507. The van der Waals surface area contributed by atoms with Gasteiger partial charge in [-0.2, -0.15) is 0 Å². The number of unbranched alkanes of at least 4 members (excludes halogenated alkanes) is 1. The van der Waals surface area contributed by atoms with Gasteiger partial charge in [0.05, 0.1) is 10.2 Å². The third-order valence-corrected chi connectivity index (χ3v) is 7.27. The number of sulfonamides is 1. The maximum Gasteiger partial charge on any atom is 0.240 e. The Hall–Kier alpha value is -0.840. The molecule has 1 amide bonds. The standard InChI is InChI=1S/C15H25NO3S/c1-4-6-7-8-15(9-10-15)20(18,19)16-13(17)14(3)11-12(14)5-2/h4,12H,1,5-11H2,2-3H3,(H,16,17)/t12-,14+/m1/s1. The van der Waals surface area contributed by atoms with E-state index in [1.54, 1.807) is 6.08 Å². The van der Waals surface area contributed by atoms with Crippen molar-refractivity contribution in [3.63, 3.8) is 0 Å². The van der Waals surface area contributed by atoms with Crippen LogP contribution in [-0.2, 0) is 14.8 Å². The van der Waals surface area contributed by atoms with Crippen molar-refractivity contribution >= 4 is 15.9 Å². The van der Waals surface area contributed by atoms with Gasteiger partial charge in [0.2, 0.25) is 15.9 Å². The monoisotopic (exact) mass is 299 g/mol. The molecule has 0 heterocycles. The largest absolute Gasteiger partial charge is 0.273 e. The first-order chi connectivity index (χ1) is 9.31. The Morgan fingerprint density at radius 3 is 2.55 bits per heavy atom. The number of hydrogen-bond donors (Lipinski definition) is 1. The van der Waals surface area contributed by atoms with E-state index in [0.29, 0.717) is 25.2 Å². The summed E-state index contributed by atoms with van der Waals surface area (Å²) in [7, 11) is -3.54. The Balaban J connectivity index is 1.98. The van der Waals surface area contributed by atoms with Crippen molar-refractivity contribution in [2.45, 2.75) is 63.5 Å². The molecule has 1 N–H and O–H groups in total. The van der Waals surface area contributed by atoms with Crippen LogP contribution in [0.1, 0.15) is 58.8 Å². The van der Waals surface area contributed by atoms with E-state index in [9.17, 15) is 13.2 Å². The molecule has 2 fully saturated rings. The summed E-state index contributed by atoms with van der Waals surface area (Å²) in [6.45, 7) is 7.55. The van der Waals surface area contributed by atoms with Gasteiger partial charge in [-0.05, 0) is 44.4 Å². The number of nitrogens with one attached hydrogen (secondary N) is 1. The van der Waals surface area contributed by atoms with Crippen LogP contribution in [0.15, 0.2) is 12.7 Å². The van der Waals surface area contributed by atoms with Crippen LogP contribution >= 0.6 is 0 Å². The number of carbonyl (C=O) groups is 1. The second-order valence-electron chi connectivity index (χ2n) is 6.53. The van der Waals surface area contributed by atoms with Crippen LogP contribution in [0.25, 0.3) is 0 Å². The van der Waals surface area contributed by atoms with Gasteiger partial charge in [0, 0.05) is 0 Å². The third-order valence-electron chi connectivity index (χ3n) is 5.07. The molecule has 0 aromatic heterocycles. The first-order valence-corrected chi connectivity index (χ1v) is 8.97. The van der Waals surface area contributed by atoms with Crippen LogP contribution in [0.4, 0.5) is 0 Å². The van der Waals surface area contributed by atoms with Gasteiger partial charge in [0.25, 0.3) is 0 Å². The lowest BCUT2D eigenvalue weighted by Crippen LogP contribution is -2.43. The van der Waals surface area contributed by atoms with Crippen LogP contribution in [0.5, 0.6) is 0 Å². The van der Waals surface area contributed by atoms with Crippen molar-refractivity contribution in [3.05, 3.63) is 12.7 Å². The molecule has 0 unspecified atom stereocenters. The van der Waals surface area contributed by atoms with E-state index in [4.69, 9.17) is 0 Å². The number of allylic oxidation sites excluding steroid dienone is 1. The molecule has 114 valence electrons. The highest BCUT2D eigenvalue weighted by Crippen LogP contribution is 2.55. The normalized spacial score (nSPS) is 30.6. The molecule has 4 nitrogen and oxygen atoms in total. The third kappa shape index (κ3) is 2.65. The average molecular weight is 299 g/mol. The molecule has 2 rings (SSSR count). The van der Waals surface area contributed by atoms with E-state index < -0.39 is 20.2 Å². The van der Waals surface area contributed by atoms with Crippen LogP contribution in [-0.4, -0.2) is 19.1 Å². The number of carbonyl (C=O) groups excluding carboxylic acids is 1. The van der Waals surface area contributed by atoms with Crippen molar-refractivity contribution in [1.29, 1.82) is 0 Å². The summed E-state index contributed by atoms with van der Waals surface area (Å²) < 4.78 is 26.5. The smallest absolute Gasteiger partial charge is 0.240 e. The van der Waals surface area contributed by atoms with Gasteiger partial charge >= 0.3 is 0 Å². The predicted octanol–water partition coefficient (Wildman–Crippen LogP) is 2.76. The summed E-state index contributed by atoms with van der Waals surface area (Å²) >= 11 is 0. The van der Waals surface area contributed by atoms with Crippen LogP contribution in [0.3, 0.4) is 0 Å². The maximum atomic E-state index is 12.4. The van der Waals surface area contributed by atoms with Crippen LogP contribution in [0.2, 0.25) is 0 Å². The number of rotatable bonds is 8. The zero-order valence-corrected chi connectivity index (χ0v) is 13.3. The molecule has 0 aromatic rings. The van der Waals surface area contributed by atoms with Crippen molar-refractivity contribution in [2.24, 2.45) is 11.3 Å². The molecule has 0 aliphatic heterocycles. The fourth-order valence-electron chi connectivity index (χ4n) is 3.03. The van der Waals surface area contributed by atoms with Crippen molar-refractivity contribution in [2.75, 3.05) is 0 Å². The van der Waals surface area contributed by atoms with E-state index >= 15 is 0 Å². The highest BCUT2D eigenvalue weighted by molar-refractivity contribution is 7.91. The fraction of sp³-hybridized carbons (Fsp3) is 0.800. The summed E-state index contributed by atoms with van der Waals surface area (Å²) in [5.74, 6) is 0.0213. The molecule has 0 saturated heterocycles. The van der Waals surface area contributed by atoms with E-state index in [-0.39, 0.29) is 5.91 Å². The summed E-state index contributed by atoms with van der Waals surface area (Å²) in [6, 6.07) is 0. The van der Waals surface area contributed by atoms with Gasteiger partial charge in [0.15, 0.2) is 0 Å². The lowest BCUT2D eigenvalue weighted by Gasteiger charge is -2.19. The lowest BCUT2D eigenvalue weighted by molar-refractivity contribution is -0.124. The van der Waals surface area contributed by atoms with Crippen molar-refractivity contribution in [3.8, 4) is 0 Å². The van der Waals surface area contributed by atoms with Crippen LogP contribution in [0, 0.1) is 11.3 Å². The second-order valence-corrected chi connectivity index (χ2v) is 8.60. The minimum Gasteiger partial charge on any atom is -0.273 e. The number of hydrogen-bond acceptors (Lipinski definition) is 3. The Morgan fingerprint density at radius 1 is 1.45 bits per heavy atom. The van der Waals surface area contributed by atoms with Gasteiger partial charge in [-0.3, -0.25) is 9.52 Å². The highest BCUT2D eigenvalue weighted by Gasteiger charge is 2.59. The maximum absolute atomic E-state index is 12.4. The predicted molar refractivity (Wildman–Crippen MR) is 79.6 cm³/mol. The Morgan fingerprint density at radius 2 is 2.10 bits per heavy atom. The average Bonchev–Trinajstić information content (AvgIpc) is 3.26. The molecule has 2 aliphatic rings. The van der Waals surface area contributed by atoms with E-state index in [1.807, 2.05) is 13.8 Å². The molecule has 2 saturated carbocycles. The molecule has 0 bridgehead atoms. The van der Waals surface area contributed by atoms with E-state index in [0.717, 1.165) is 25.7 Å². The lowest BCUT2D eigenvalue weighted by atomic mass is 10.1. The zero-order chi connectivity index (χ0) is 15.0. The van der Waals surface area contributed by atoms with Gasteiger partial charge in [-0.25, -0.2) is 8.42 Å². The fourth-order valence-corrected chi connectivity index (χ4v) is 4.78. The zero-order valence-electron chi connectivity index (χ0n) is 12.4. The molecule has 20 heavy (non-hydrogen) atoms. The van der Waals surface area contributed by atoms with Crippen molar-refractivity contribution < 1.29 is 13.2 Å². The van der Waals surface area contributed by atoms with E-state index in [1.165, 1.54) is 0 Å². The first-order valence-electron chi connectivity index (χ1n) is 7.49. The van der Waals surface area contributed by atoms with Crippen LogP contribution < -0.4 is 4.72 Å². The molecular formula is C15H25NO3S. The SMILES string of the molecule is C=CCCCC1(S(=O)(=O)NC(=O)[C@@]2(C)C[C@H]2CC)CC1. The number of amides is 1. The second kappa shape index (κ2) is 5.17. The summed E-state index contributed by atoms with van der Waals surface area (Å²) in [5.41, 5.74) is -0.473. The van der Waals surface area contributed by atoms with E-state index in [2.05, 4.69) is 11.3 Å². The first kappa shape index (κ1) is 15.5. The summed E-state index contributed by atoms with van der Waals surface area (Å²) in [5, 5.41) is 0. The molecule has 2 atom stereocenters. The van der Waals surface area contributed by atoms with Gasteiger partial charge in [-0.15, -0.1) is 6.58 Å². The summed E-state index contributed by atoms with van der Waals surface area (Å²) in [6.07, 6.45) is 7.12. The molecule has 0 spiro atoms. The molecular weight excluding hydrogens is 274 g/mol. The van der Waals surface area contributed by atoms with Crippen molar-refractivity contribution in [1.82, 2.24) is 4.72 Å². The molecule has 0 radical (unpaired) electrons. The molecule has 0 aromatic carbocycles. The Kier molecular flexibility index (Phi) is 4.02. The minimum atomic E-state index is -3.54. The molecule has 2 aliphatic carbocycles. The van der Waals surface area contributed by atoms with Gasteiger partial charge in [0.1, 0.15) is 0 Å². The minimum absolute atomic E-state index is 0.306. The Labute approximate surface area is 122 Å². The summed E-state index contributed by atoms with van der Waals surface area (Å²) in [4.78, 5) is 12.2. The molecule has 5 heteroatoms.